The van der Waals surface area contributed by atoms with Crippen molar-refractivity contribution in [3.8, 4) is 34.4 Å². The third-order valence-corrected chi connectivity index (χ3v) is 4.98. The molecule has 30 heavy (non-hydrogen) atoms. The lowest BCUT2D eigenvalue weighted by atomic mass is 10.1. The average Bonchev–Trinajstić information content (AvgIpc) is 3.21. The van der Waals surface area contributed by atoms with E-state index >= 15 is 0 Å². The molecule has 0 amide bonds. The zero-order chi connectivity index (χ0) is 21.1. The van der Waals surface area contributed by atoms with Crippen molar-refractivity contribution in [1.82, 2.24) is 15.4 Å². The van der Waals surface area contributed by atoms with Gasteiger partial charge in [-0.3, -0.25) is 15.3 Å². The van der Waals surface area contributed by atoms with Gasteiger partial charge in [-0.05, 0) is 52.3 Å². The first-order valence-electron chi connectivity index (χ1n) is 9.11. The average molecular weight is 474 g/mol. The predicted octanol–water partition coefficient (Wildman–Crippen LogP) is 3.84. The second-order valence-electron chi connectivity index (χ2n) is 6.38. The topological polar surface area (TPSA) is 84.0 Å². The third-order valence-electron chi connectivity index (χ3n) is 4.55. The van der Waals surface area contributed by atoms with Gasteiger partial charge in [0, 0.05) is 11.8 Å². The fraction of sp³-hybridized carbons (Fsp3) is 0.238. The van der Waals surface area contributed by atoms with Gasteiger partial charge >= 0.3 is 0 Å². The van der Waals surface area contributed by atoms with E-state index < -0.39 is 0 Å². The summed E-state index contributed by atoms with van der Waals surface area (Å²) in [5, 5.41) is 0.808. The molecule has 1 atom stereocenters. The number of methoxy groups -OCH3 is 3. The first kappa shape index (κ1) is 20.2. The van der Waals surface area contributed by atoms with Gasteiger partial charge in [-0.2, -0.15) is 0 Å². The van der Waals surface area contributed by atoms with E-state index in [1.165, 1.54) is 0 Å². The van der Waals surface area contributed by atoms with Crippen molar-refractivity contribution in [2.45, 2.75) is 6.10 Å². The van der Waals surface area contributed by atoms with E-state index in [4.69, 9.17) is 28.8 Å². The normalized spacial score (nSPS) is 15.5. The minimum Gasteiger partial charge on any atom is -0.493 e. The zero-order valence-electron chi connectivity index (χ0n) is 16.6. The lowest BCUT2D eigenvalue weighted by molar-refractivity contribution is 0.0189. The number of rotatable bonds is 7. The summed E-state index contributed by atoms with van der Waals surface area (Å²) in [6.45, 7) is 0.289. The van der Waals surface area contributed by atoms with Crippen LogP contribution < -0.4 is 24.4 Å². The van der Waals surface area contributed by atoms with E-state index in [-0.39, 0.29) is 12.7 Å². The maximum Gasteiger partial charge on any atom is 0.223 e. The van der Waals surface area contributed by atoms with Crippen LogP contribution in [-0.4, -0.2) is 44.0 Å². The summed E-state index contributed by atoms with van der Waals surface area (Å²) < 4.78 is 23.1. The van der Waals surface area contributed by atoms with Gasteiger partial charge in [-0.25, -0.2) is 4.98 Å². The highest BCUT2D eigenvalue weighted by Gasteiger charge is 2.19. The molecule has 156 valence electrons. The second kappa shape index (κ2) is 8.76. The van der Waals surface area contributed by atoms with Gasteiger partial charge in [0.25, 0.3) is 0 Å². The SMILES string of the molecule is COc1cc(-c2cc3ncccc3c(OCC3C=C(Br)NO3)n2)cc(OC)c1OC. The maximum atomic E-state index is 6.00. The van der Waals surface area contributed by atoms with Crippen molar-refractivity contribution in [2.24, 2.45) is 0 Å². The smallest absolute Gasteiger partial charge is 0.223 e. The van der Waals surface area contributed by atoms with Crippen molar-refractivity contribution in [1.29, 1.82) is 0 Å². The molecule has 8 nitrogen and oxygen atoms in total. The largest absolute Gasteiger partial charge is 0.493 e. The number of ether oxygens (including phenoxy) is 4. The zero-order valence-corrected chi connectivity index (χ0v) is 18.2. The summed E-state index contributed by atoms with van der Waals surface area (Å²) in [5.74, 6) is 2.06. The molecule has 4 rings (SSSR count). The van der Waals surface area contributed by atoms with Crippen molar-refractivity contribution in [3.63, 3.8) is 0 Å². The second-order valence-corrected chi connectivity index (χ2v) is 7.24. The van der Waals surface area contributed by atoms with Crippen LogP contribution in [0.5, 0.6) is 23.1 Å². The summed E-state index contributed by atoms with van der Waals surface area (Å²) in [6, 6.07) is 9.34. The number of nitrogens with one attached hydrogen (secondary N) is 1. The van der Waals surface area contributed by atoms with E-state index in [2.05, 4.69) is 26.4 Å². The third kappa shape index (κ3) is 3.99. The van der Waals surface area contributed by atoms with Crippen LogP contribution in [0.25, 0.3) is 22.2 Å². The first-order chi connectivity index (χ1) is 14.6. The number of hydrogen-bond donors (Lipinski definition) is 1. The Kier molecular flexibility index (Phi) is 5.91. The van der Waals surface area contributed by atoms with Crippen molar-refractivity contribution >= 4 is 26.8 Å². The van der Waals surface area contributed by atoms with Crippen LogP contribution in [0.15, 0.2) is 47.2 Å². The Morgan fingerprint density at radius 2 is 1.87 bits per heavy atom. The van der Waals surface area contributed by atoms with E-state index in [9.17, 15) is 0 Å². The molecule has 1 aliphatic heterocycles. The summed E-state index contributed by atoms with van der Waals surface area (Å²) in [6.07, 6.45) is 3.37. The monoisotopic (exact) mass is 473 g/mol. The fourth-order valence-corrected chi connectivity index (χ4v) is 3.53. The predicted molar refractivity (Wildman–Crippen MR) is 115 cm³/mol. The van der Waals surface area contributed by atoms with Gasteiger partial charge < -0.3 is 18.9 Å². The molecule has 1 aliphatic rings. The molecule has 9 heteroatoms. The molecule has 0 bridgehead atoms. The highest BCUT2D eigenvalue weighted by Crippen LogP contribution is 2.41. The number of nitrogens with zero attached hydrogens (tertiary/aromatic N) is 2. The molecule has 1 aromatic carbocycles. The fourth-order valence-electron chi connectivity index (χ4n) is 3.14. The lowest BCUT2D eigenvalue weighted by Crippen LogP contribution is -2.19. The van der Waals surface area contributed by atoms with Crippen LogP contribution in [0, 0.1) is 0 Å². The van der Waals surface area contributed by atoms with Gasteiger partial charge in [0.1, 0.15) is 17.3 Å². The molecule has 1 unspecified atom stereocenters. The van der Waals surface area contributed by atoms with Gasteiger partial charge in [0.2, 0.25) is 11.6 Å². The number of benzene rings is 1. The van der Waals surface area contributed by atoms with Gasteiger partial charge in [0.05, 0.1) is 37.9 Å². The Labute approximate surface area is 181 Å². The summed E-state index contributed by atoms with van der Waals surface area (Å²) in [4.78, 5) is 14.6. The minimum atomic E-state index is -0.238. The summed E-state index contributed by atoms with van der Waals surface area (Å²) in [5.41, 5.74) is 4.94. The number of hydroxylamine groups is 1. The lowest BCUT2D eigenvalue weighted by Gasteiger charge is -2.15. The van der Waals surface area contributed by atoms with Crippen LogP contribution in [0.4, 0.5) is 0 Å². The van der Waals surface area contributed by atoms with Gasteiger partial charge in [-0.15, -0.1) is 0 Å². The van der Waals surface area contributed by atoms with Gasteiger partial charge in [0.15, 0.2) is 11.5 Å². The van der Waals surface area contributed by atoms with Crippen LogP contribution in [-0.2, 0) is 4.84 Å². The number of hydrogen-bond acceptors (Lipinski definition) is 8. The standard InChI is InChI=1S/C21H20BrN3O5/c1-26-17-7-12(8-18(27-2)20(17)28-3)15-10-16-14(5-4-6-23-16)21(24-15)29-11-13-9-19(22)25-30-13/h4-10,13,25H,11H2,1-3H3. The number of aromatic nitrogens is 2. The molecule has 2 aromatic heterocycles. The Morgan fingerprint density at radius 3 is 2.50 bits per heavy atom. The minimum absolute atomic E-state index is 0.238. The molecular formula is C21H20BrN3O5. The van der Waals surface area contributed by atoms with E-state index in [0.717, 1.165) is 21.1 Å². The highest BCUT2D eigenvalue weighted by atomic mass is 79.9. The molecule has 3 aromatic rings. The molecule has 0 aliphatic carbocycles. The molecule has 0 spiro atoms. The summed E-state index contributed by atoms with van der Waals surface area (Å²) in [7, 11) is 4.72. The molecule has 3 heterocycles. The van der Waals surface area contributed by atoms with Crippen LogP contribution >= 0.6 is 15.9 Å². The Morgan fingerprint density at radius 1 is 1.10 bits per heavy atom. The molecule has 0 radical (unpaired) electrons. The van der Waals surface area contributed by atoms with Gasteiger partial charge in [-0.1, -0.05) is 0 Å². The quantitative estimate of drug-likeness (QED) is 0.518. The van der Waals surface area contributed by atoms with Crippen molar-refractivity contribution in [2.75, 3.05) is 27.9 Å². The first-order valence-corrected chi connectivity index (χ1v) is 9.90. The van der Waals surface area contributed by atoms with Crippen LogP contribution in [0.2, 0.25) is 0 Å². The molecule has 0 saturated heterocycles. The van der Waals surface area contributed by atoms with E-state index in [1.54, 1.807) is 27.5 Å². The van der Waals surface area contributed by atoms with Crippen molar-refractivity contribution in [3.05, 3.63) is 47.2 Å². The Bertz CT molecular complexity index is 1080. The number of halogens is 1. The Hall–Kier alpha value is -3.04. The highest BCUT2D eigenvalue weighted by molar-refractivity contribution is 9.11. The van der Waals surface area contributed by atoms with E-state index in [1.807, 2.05) is 36.4 Å². The molecule has 1 N–H and O–H groups in total. The Balaban J connectivity index is 1.76. The van der Waals surface area contributed by atoms with E-state index in [0.29, 0.717) is 28.8 Å². The number of pyridine rings is 2. The molecule has 0 saturated carbocycles. The molecule has 0 fully saturated rings. The summed E-state index contributed by atoms with van der Waals surface area (Å²) >= 11 is 3.34. The maximum absolute atomic E-state index is 6.00. The van der Waals surface area contributed by atoms with Crippen molar-refractivity contribution < 1.29 is 23.8 Å². The number of fused-ring (bicyclic) bond motifs is 1. The van der Waals surface area contributed by atoms with Crippen LogP contribution in [0.1, 0.15) is 0 Å². The van der Waals surface area contributed by atoms with Crippen LogP contribution in [0.3, 0.4) is 0 Å². The molecular weight excluding hydrogens is 454 g/mol.